The smallest absolute Gasteiger partial charge is 0.264 e. The zero-order chi connectivity index (χ0) is 28.7. The molecule has 0 saturated carbocycles. The van der Waals surface area contributed by atoms with Crippen molar-refractivity contribution in [1.82, 2.24) is 10.2 Å². The van der Waals surface area contributed by atoms with E-state index in [1.807, 2.05) is 26.8 Å². The van der Waals surface area contributed by atoms with Crippen LogP contribution in [0, 0.1) is 13.8 Å². The van der Waals surface area contributed by atoms with E-state index in [0.717, 1.165) is 21.9 Å². The Morgan fingerprint density at radius 2 is 1.62 bits per heavy atom. The third-order valence-electron chi connectivity index (χ3n) is 6.42. The summed E-state index contributed by atoms with van der Waals surface area (Å²) in [7, 11) is -4.16. The van der Waals surface area contributed by atoms with Crippen molar-refractivity contribution in [3.8, 4) is 0 Å². The number of hydrogen-bond acceptors (Lipinski definition) is 4. The van der Waals surface area contributed by atoms with E-state index in [2.05, 4.69) is 5.32 Å². The molecule has 1 N–H and O–H groups in total. The molecule has 0 aliphatic heterocycles. The van der Waals surface area contributed by atoms with E-state index in [1.165, 1.54) is 29.2 Å². The van der Waals surface area contributed by atoms with Crippen LogP contribution in [0.4, 0.5) is 5.69 Å². The zero-order valence-electron chi connectivity index (χ0n) is 22.4. The normalized spacial score (nSPS) is 12.1. The zero-order valence-corrected chi connectivity index (χ0v) is 24.8. The highest BCUT2D eigenvalue weighted by atomic mass is 35.5. The summed E-state index contributed by atoms with van der Waals surface area (Å²) in [6.45, 7) is 7.37. The molecule has 0 bridgehead atoms. The lowest BCUT2D eigenvalue weighted by Crippen LogP contribution is -2.51. The van der Waals surface area contributed by atoms with Crippen molar-refractivity contribution >= 4 is 50.7 Å². The third-order valence-corrected chi connectivity index (χ3v) is 8.69. The molecule has 0 aromatic heterocycles. The number of rotatable bonds is 11. The minimum Gasteiger partial charge on any atom is -0.354 e. The summed E-state index contributed by atoms with van der Waals surface area (Å²) < 4.78 is 28.8. The molecule has 3 aromatic rings. The van der Waals surface area contributed by atoms with Gasteiger partial charge in [-0.15, -0.1) is 0 Å². The summed E-state index contributed by atoms with van der Waals surface area (Å²) in [6.07, 6.45) is 0.737. The Kier molecular flexibility index (Phi) is 10.4. The molecule has 0 radical (unpaired) electrons. The molecule has 39 heavy (non-hydrogen) atoms. The molecule has 1 unspecified atom stereocenters. The van der Waals surface area contributed by atoms with Gasteiger partial charge in [0.1, 0.15) is 12.6 Å². The SMILES string of the molecule is CCCNC(=O)C(C)N(Cc1cccc(Cl)c1)C(=O)CN(c1ccc(C)c(C)c1)S(=O)(=O)c1ccc(Cl)cc1. The summed E-state index contributed by atoms with van der Waals surface area (Å²) in [5.41, 5.74) is 2.91. The number of nitrogens with one attached hydrogen (secondary N) is 1. The van der Waals surface area contributed by atoms with Gasteiger partial charge in [-0.1, -0.05) is 48.3 Å². The van der Waals surface area contributed by atoms with Crippen LogP contribution in [-0.2, 0) is 26.2 Å². The van der Waals surface area contributed by atoms with Crippen LogP contribution in [0.3, 0.4) is 0 Å². The first-order valence-corrected chi connectivity index (χ1v) is 14.8. The fraction of sp³-hybridized carbons (Fsp3) is 0.310. The van der Waals surface area contributed by atoms with Gasteiger partial charge < -0.3 is 10.2 Å². The van der Waals surface area contributed by atoms with Crippen molar-refractivity contribution in [3.05, 3.63) is 93.5 Å². The second-order valence-electron chi connectivity index (χ2n) is 9.35. The minimum atomic E-state index is -4.16. The van der Waals surface area contributed by atoms with Crippen molar-refractivity contribution in [3.63, 3.8) is 0 Å². The quantitative estimate of drug-likeness (QED) is 0.308. The number of amides is 2. The Balaban J connectivity index is 2.04. The van der Waals surface area contributed by atoms with E-state index in [4.69, 9.17) is 23.2 Å². The maximum absolute atomic E-state index is 13.9. The van der Waals surface area contributed by atoms with Crippen molar-refractivity contribution in [1.29, 1.82) is 0 Å². The van der Waals surface area contributed by atoms with Gasteiger partial charge >= 0.3 is 0 Å². The summed E-state index contributed by atoms with van der Waals surface area (Å²) in [5.74, 6) is -0.865. The number of sulfonamides is 1. The number of halogens is 2. The van der Waals surface area contributed by atoms with Gasteiger partial charge in [-0.05, 0) is 92.4 Å². The molecule has 0 heterocycles. The van der Waals surface area contributed by atoms with E-state index in [1.54, 1.807) is 43.3 Å². The van der Waals surface area contributed by atoms with E-state index in [0.29, 0.717) is 27.8 Å². The molecule has 10 heteroatoms. The second kappa shape index (κ2) is 13.3. The monoisotopic (exact) mass is 589 g/mol. The van der Waals surface area contributed by atoms with Gasteiger partial charge in [-0.25, -0.2) is 8.42 Å². The molecular weight excluding hydrogens is 557 g/mol. The van der Waals surface area contributed by atoms with Crippen LogP contribution in [0.1, 0.15) is 37.0 Å². The van der Waals surface area contributed by atoms with Crippen LogP contribution in [0.15, 0.2) is 71.6 Å². The maximum atomic E-state index is 13.9. The van der Waals surface area contributed by atoms with Gasteiger partial charge in [0.05, 0.1) is 10.6 Å². The van der Waals surface area contributed by atoms with Crippen LogP contribution in [0.2, 0.25) is 10.0 Å². The van der Waals surface area contributed by atoms with Crippen LogP contribution in [0.5, 0.6) is 0 Å². The van der Waals surface area contributed by atoms with Gasteiger partial charge in [0.25, 0.3) is 10.0 Å². The number of carbonyl (C=O) groups is 2. The highest BCUT2D eigenvalue weighted by Gasteiger charge is 2.32. The van der Waals surface area contributed by atoms with Crippen molar-refractivity contribution < 1.29 is 18.0 Å². The highest BCUT2D eigenvalue weighted by Crippen LogP contribution is 2.27. The molecular formula is C29H33Cl2N3O4S. The molecule has 2 amide bonds. The lowest BCUT2D eigenvalue weighted by molar-refractivity contribution is -0.139. The predicted octanol–water partition coefficient (Wildman–Crippen LogP) is 5.75. The Labute approximate surface area is 240 Å². The first kappa shape index (κ1) is 30.5. The van der Waals surface area contributed by atoms with Crippen LogP contribution in [-0.4, -0.2) is 44.3 Å². The van der Waals surface area contributed by atoms with Gasteiger partial charge in [0.15, 0.2) is 0 Å². The number of carbonyl (C=O) groups excluding carboxylic acids is 2. The fourth-order valence-electron chi connectivity index (χ4n) is 3.95. The minimum absolute atomic E-state index is 0.00643. The predicted molar refractivity (Wildman–Crippen MR) is 157 cm³/mol. The number of aryl methyl sites for hydroxylation is 2. The van der Waals surface area contributed by atoms with Gasteiger partial charge in [-0.3, -0.25) is 13.9 Å². The highest BCUT2D eigenvalue weighted by molar-refractivity contribution is 7.92. The van der Waals surface area contributed by atoms with E-state index < -0.39 is 28.5 Å². The molecule has 0 aliphatic rings. The van der Waals surface area contributed by atoms with Crippen LogP contribution >= 0.6 is 23.2 Å². The molecule has 0 fully saturated rings. The second-order valence-corrected chi connectivity index (χ2v) is 12.1. The number of hydrogen-bond donors (Lipinski definition) is 1. The molecule has 208 valence electrons. The molecule has 3 rings (SSSR count). The Hall–Kier alpha value is -3.07. The van der Waals surface area contributed by atoms with Crippen molar-refractivity contribution in [2.24, 2.45) is 0 Å². The Morgan fingerprint density at radius 3 is 2.23 bits per heavy atom. The van der Waals surface area contributed by atoms with Gasteiger partial charge in [-0.2, -0.15) is 0 Å². The molecule has 3 aromatic carbocycles. The Morgan fingerprint density at radius 1 is 0.923 bits per heavy atom. The summed E-state index contributed by atoms with van der Waals surface area (Å²) in [5, 5.41) is 3.70. The number of benzene rings is 3. The van der Waals surface area contributed by atoms with Crippen LogP contribution < -0.4 is 9.62 Å². The first-order chi connectivity index (χ1) is 18.4. The standard InChI is InChI=1S/C29H33Cl2N3O4S/c1-5-15-32-29(36)22(4)33(18-23-7-6-8-25(31)17-23)28(35)19-34(26-12-9-20(2)21(3)16-26)39(37,38)27-13-10-24(30)11-14-27/h6-14,16-17,22H,5,15,18-19H2,1-4H3,(H,32,36). The third kappa shape index (κ3) is 7.75. The first-order valence-electron chi connectivity index (χ1n) is 12.6. The molecule has 0 spiro atoms. The van der Waals surface area contributed by atoms with Gasteiger partial charge in [0, 0.05) is 23.1 Å². The van der Waals surface area contributed by atoms with Crippen molar-refractivity contribution in [2.75, 3.05) is 17.4 Å². The number of nitrogens with zero attached hydrogens (tertiary/aromatic N) is 2. The maximum Gasteiger partial charge on any atom is 0.264 e. The number of anilines is 1. The average molecular weight is 591 g/mol. The summed E-state index contributed by atoms with van der Waals surface area (Å²) in [6, 6.07) is 17.1. The molecule has 0 saturated heterocycles. The molecule has 7 nitrogen and oxygen atoms in total. The van der Waals surface area contributed by atoms with E-state index >= 15 is 0 Å². The fourth-order valence-corrected chi connectivity index (χ4v) is 5.70. The molecule has 1 atom stereocenters. The van der Waals surface area contributed by atoms with Crippen LogP contribution in [0.25, 0.3) is 0 Å². The van der Waals surface area contributed by atoms with E-state index in [-0.39, 0.29) is 17.3 Å². The largest absolute Gasteiger partial charge is 0.354 e. The lowest BCUT2D eigenvalue weighted by Gasteiger charge is -2.32. The van der Waals surface area contributed by atoms with Crippen molar-refractivity contribution in [2.45, 2.75) is 51.6 Å². The summed E-state index contributed by atoms with van der Waals surface area (Å²) in [4.78, 5) is 28.2. The molecule has 0 aliphatic carbocycles. The lowest BCUT2D eigenvalue weighted by atomic mass is 10.1. The Bertz CT molecular complexity index is 1430. The summed E-state index contributed by atoms with van der Waals surface area (Å²) >= 11 is 12.2. The average Bonchev–Trinajstić information content (AvgIpc) is 2.90. The topological polar surface area (TPSA) is 86.8 Å². The van der Waals surface area contributed by atoms with Gasteiger partial charge in [0.2, 0.25) is 11.8 Å². The van der Waals surface area contributed by atoms with E-state index in [9.17, 15) is 18.0 Å².